The fourth-order valence-corrected chi connectivity index (χ4v) is 6.86. The predicted molar refractivity (Wildman–Crippen MR) is 186 cm³/mol. The van der Waals surface area contributed by atoms with E-state index in [1.165, 1.54) is 22.7 Å². The van der Waals surface area contributed by atoms with Crippen molar-refractivity contribution < 1.29 is 33.3 Å². The summed E-state index contributed by atoms with van der Waals surface area (Å²) < 4.78 is 28.3. The van der Waals surface area contributed by atoms with Gasteiger partial charge in [-0.05, 0) is 24.0 Å². The number of nitrogens with one attached hydrogen (secondary N) is 2. The molecule has 0 bridgehead atoms. The number of rotatable bonds is 18. The maximum Gasteiger partial charge on any atom is 0.407 e. The quantitative estimate of drug-likeness (QED) is 0.141. The zero-order valence-corrected chi connectivity index (χ0v) is 29.3. The zero-order valence-electron chi connectivity index (χ0n) is 27.6. The molecule has 3 unspecified atom stereocenters. The van der Waals surface area contributed by atoms with Crippen molar-refractivity contribution in [1.29, 1.82) is 0 Å². The number of hydrogen-bond acceptors (Lipinski definition) is 12. The zero-order chi connectivity index (χ0) is 34.3. The SMILES string of the molecule is COC1CC(CN(C[C@@H](Cc2ccccc2)NC(=O)OCc2cncs2)C[C@@H](Cc2ccccc2)NC(=O)OCc2cncs2)C(OC)O1. The van der Waals surface area contributed by atoms with Gasteiger partial charge in [-0.2, -0.15) is 0 Å². The second-order valence-corrected chi connectivity index (χ2v) is 13.7. The van der Waals surface area contributed by atoms with Gasteiger partial charge in [-0.25, -0.2) is 9.59 Å². The Morgan fingerprint density at radius 3 is 1.76 bits per heavy atom. The van der Waals surface area contributed by atoms with Gasteiger partial charge in [-0.1, -0.05) is 60.7 Å². The molecular weight excluding hydrogens is 667 g/mol. The van der Waals surface area contributed by atoms with Crippen LogP contribution in [-0.4, -0.2) is 85.6 Å². The minimum absolute atomic E-state index is 0.0266. The number of alkyl carbamates (subject to hydrolysis) is 2. The minimum atomic E-state index is -0.515. The topological polar surface area (TPSA) is 133 Å². The number of aromatic nitrogens is 2. The van der Waals surface area contributed by atoms with E-state index in [4.69, 9.17) is 23.7 Å². The molecule has 0 spiro atoms. The van der Waals surface area contributed by atoms with Crippen LogP contribution in [0.3, 0.4) is 0 Å². The Bertz CT molecular complexity index is 1420. The Morgan fingerprint density at radius 1 is 0.816 bits per heavy atom. The van der Waals surface area contributed by atoms with Crippen LogP contribution >= 0.6 is 22.7 Å². The fourth-order valence-electron chi connectivity index (χ4n) is 5.85. The van der Waals surface area contributed by atoms with Crippen LogP contribution in [-0.2, 0) is 49.7 Å². The van der Waals surface area contributed by atoms with Crippen LogP contribution in [0.1, 0.15) is 27.3 Å². The number of amides is 2. The molecule has 5 atom stereocenters. The lowest BCUT2D eigenvalue weighted by atomic mass is 10.0. The molecule has 49 heavy (non-hydrogen) atoms. The first-order valence-corrected chi connectivity index (χ1v) is 17.9. The molecule has 0 aliphatic carbocycles. The summed E-state index contributed by atoms with van der Waals surface area (Å²) >= 11 is 2.86. The molecule has 1 aliphatic rings. The van der Waals surface area contributed by atoms with E-state index >= 15 is 0 Å². The number of ether oxygens (including phenoxy) is 5. The lowest BCUT2D eigenvalue weighted by Crippen LogP contribution is -2.52. The lowest BCUT2D eigenvalue weighted by molar-refractivity contribution is -0.193. The molecule has 2 amide bonds. The van der Waals surface area contributed by atoms with E-state index in [0.29, 0.717) is 38.9 Å². The van der Waals surface area contributed by atoms with E-state index in [1.54, 1.807) is 37.6 Å². The largest absolute Gasteiger partial charge is 0.444 e. The highest BCUT2D eigenvalue weighted by molar-refractivity contribution is 7.09. The molecular formula is C35H43N5O7S2. The summed E-state index contributed by atoms with van der Waals surface area (Å²) in [6.07, 6.45) is 3.24. The van der Waals surface area contributed by atoms with Gasteiger partial charge >= 0.3 is 12.2 Å². The summed E-state index contributed by atoms with van der Waals surface area (Å²) in [5.74, 6) is -0.0266. The Morgan fingerprint density at radius 2 is 1.33 bits per heavy atom. The second kappa shape index (κ2) is 19.3. The second-order valence-electron chi connectivity index (χ2n) is 11.8. The molecule has 0 saturated carbocycles. The van der Waals surface area contributed by atoms with E-state index in [-0.39, 0.29) is 31.2 Å². The van der Waals surface area contributed by atoms with Crippen LogP contribution in [0.5, 0.6) is 0 Å². The molecule has 12 nitrogen and oxygen atoms in total. The van der Waals surface area contributed by atoms with E-state index in [9.17, 15) is 9.59 Å². The van der Waals surface area contributed by atoms with Crippen molar-refractivity contribution in [2.24, 2.45) is 5.92 Å². The molecule has 1 fully saturated rings. The third-order valence-corrected chi connectivity index (χ3v) is 9.57. The van der Waals surface area contributed by atoms with E-state index in [1.807, 2.05) is 60.7 Å². The van der Waals surface area contributed by atoms with Gasteiger partial charge < -0.3 is 34.3 Å². The molecule has 0 radical (unpaired) electrons. The molecule has 1 aliphatic heterocycles. The van der Waals surface area contributed by atoms with E-state index in [2.05, 4.69) is 25.5 Å². The van der Waals surface area contributed by atoms with Gasteiger partial charge in [0.1, 0.15) is 13.2 Å². The number of hydrogen-bond donors (Lipinski definition) is 2. The standard InChI is InChI=1S/C35H43N5O7S2/c1-43-32-15-27(33(44-2)47-32)18-40(19-28(13-25-9-5-3-6-10-25)38-34(41)45-21-30-16-36-23-48-30)20-29(14-26-11-7-4-8-12-26)39-35(42)46-22-31-17-37-24-49-31/h3-12,16-17,23-24,27-29,32-33H,13-15,18-22H2,1-2H3,(H,38,41)(H,39,42)/t27?,28-,29-,32?,33?/m1/s1. The number of thiazole rings is 2. The third kappa shape index (κ3) is 12.2. The highest BCUT2D eigenvalue weighted by Gasteiger charge is 2.37. The van der Waals surface area contributed by atoms with Gasteiger partial charge in [0.15, 0.2) is 12.6 Å². The Kier molecular flexibility index (Phi) is 14.3. The molecule has 262 valence electrons. The molecule has 3 heterocycles. The van der Waals surface area contributed by atoms with Crippen LogP contribution in [0.15, 0.2) is 84.1 Å². The number of nitrogens with zero attached hydrogens (tertiary/aromatic N) is 3. The van der Waals surface area contributed by atoms with Gasteiger partial charge in [0, 0.05) is 70.7 Å². The summed E-state index contributed by atoms with van der Waals surface area (Å²) in [7, 11) is 3.24. The van der Waals surface area contributed by atoms with Crippen LogP contribution in [0.4, 0.5) is 9.59 Å². The molecule has 4 aromatic rings. The first kappa shape index (κ1) is 36.4. The van der Waals surface area contributed by atoms with Gasteiger partial charge in [-0.3, -0.25) is 14.9 Å². The third-order valence-electron chi connectivity index (χ3n) is 8.06. The van der Waals surface area contributed by atoms with Gasteiger partial charge in [-0.15, -0.1) is 22.7 Å². The van der Waals surface area contributed by atoms with Crippen molar-refractivity contribution in [2.45, 2.75) is 57.1 Å². The molecule has 5 rings (SSSR count). The van der Waals surface area contributed by atoms with Crippen molar-refractivity contribution in [3.8, 4) is 0 Å². The predicted octanol–water partition coefficient (Wildman–Crippen LogP) is 5.26. The smallest absolute Gasteiger partial charge is 0.407 e. The highest BCUT2D eigenvalue weighted by atomic mass is 32.1. The lowest BCUT2D eigenvalue weighted by Gasteiger charge is -2.34. The van der Waals surface area contributed by atoms with Crippen molar-refractivity contribution in [2.75, 3.05) is 33.9 Å². The Labute approximate surface area is 294 Å². The van der Waals surface area contributed by atoms with Crippen molar-refractivity contribution in [3.05, 3.63) is 105 Å². The summed E-state index contributed by atoms with van der Waals surface area (Å²) in [6.45, 7) is 1.75. The average molecular weight is 710 g/mol. The molecule has 14 heteroatoms. The van der Waals surface area contributed by atoms with Gasteiger partial charge in [0.05, 0.1) is 20.8 Å². The summed E-state index contributed by atoms with van der Waals surface area (Å²) in [6, 6.07) is 19.3. The number of carbonyl (C=O) groups excluding carboxylic acids is 2. The van der Waals surface area contributed by atoms with Crippen molar-refractivity contribution in [3.63, 3.8) is 0 Å². The molecule has 2 aromatic carbocycles. The number of methoxy groups -OCH3 is 2. The summed E-state index contributed by atoms with van der Waals surface area (Å²) in [5.41, 5.74) is 5.55. The van der Waals surface area contributed by atoms with Crippen molar-refractivity contribution >= 4 is 34.9 Å². The molecule has 2 aromatic heterocycles. The van der Waals surface area contributed by atoms with Crippen LogP contribution in [0.2, 0.25) is 0 Å². The minimum Gasteiger partial charge on any atom is -0.444 e. The monoisotopic (exact) mass is 709 g/mol. The van der Waals surface area contributed by atoms with Crippen LogP contribution in [0.25, 0.3) is 0 Å². The molecule has 2 N–H and O–H groups in total. The van der Waals surface area contributed by atoms with Crippen molar-refractivity contribution in [1.82, 2.24) is 25.5 Å². The fraction of sp³-hybridized carbons (Fsp3) is 0.429. The Hall–Kier alpha value is -3.92. The first-order chi connectivity index (χ1) is 24.0. The molecule has 1 saturated heterocycles. The van der Waals surface area contributed by atoms with Crippen LogP contribution in [0, 0.1) is 5.92 Å². The van der Waals surface area contributed by atoms with Gasteiger partial charge in [0.2, 0.25) is 0 Å². The van der Waals surface area contributed by atoms with Gasteiger partial charge in [0.25, 0.3) is 0 Å². The number of benzene rings is 2. The summed E-state index contributed by atoms with van der Waals surface area (Å²) in [5, 5.41) is 6.21. The van der Waals surface area contributed by atoms with E-state index < -0.39 is 24.8 Å². The maximum atomic E-state index is 13.1. The van der Waals surface area contributed by atoms with E-state index in [0.717, 1.165) is 20.9 Å². The number of carbonyl (C=O) groups is 2. The highest BCUT2D eigenvalue weighted by Crippen LogP contribution is 2.29. The Balaban J connectivity index is 1.36. The van der Waals surface area contributed by atoms with Crippen LogP contribution < -0.4 is 10.6 Å². The first-order valence-electron chi connectivity index (χ1n) is 16.1. The average Bonchev–Trinajstić information content (AvgIpc) is 3.90. The maximum absolute atomic E-state index is 13.1. The normalized spacial score (nSPS) is 18.6. The summed E-state index contributed by atoms with van der Waals surface area (Å²) in [4.78, 5) is 38.3.